The third-order valence-electron chi connectivity index (χ3n) is 3.19. The summed E-state index contributed by atoms with van der Waals surface area (Å²) < 4.78 is 19.6. The molecule has 20 heavy (non-hydrogen) atoms. The van der Waals surface area contributed by atoms with E-state index in [4.69, 9.17) is 4.42 Å². The van der Waals surface area contributed by atoms with Crippen LogP contribution in [0.1, 0.15) is 21.8 Å². The minimum absolute atomic E-state index is 0.156. The van der Waals surface area contributed by atoms with Crippen molar-refractivity contribution in [3.05, 3.63) is 65.3 Å². The molecule has 0 aliphatic rings. The normalized spacial score (nSPS) is 12.8. The number of halogens is 2. The second kappa shape index (κ2) is 5.37. The molecule has 0 amide bonds. The van der Waals surface area contributed by atoms with Gasteiger partial charge in [-0.15, -0.1) is 0 Å². The van der Waals surface area contributed by atoms with Crippen molar-refractivity contribution in [1.29, 1.82) is 0 Å². The van der Waals surface area contributed by atoms with E-state index >= 15 is 0 Å². The summed E-state index contributed by atoms with van der Waals surface area (Å²) in [5.74, 6) is 0.399. The molecule has 4 heteroatoms. The summed E-state index contributed by atoms with van der Waals surface area (Å²) in [5, 5.41) is 0. The Balaban J connectivity index is 1.86. The molecule has 1 unspecified atom stereocenters. The van der Waals surface area contributed by atoms with E-state index in [0.717, 1.165) is 16.7 Å². The fraction of sp³-hybridized carbons (Fsp3) is 0.188. The molecule has 3 aromatic rings. The Morgan fingerprint density at radius 2 is 2.05 bits per heavy atom. The Hall–Kier alpha value is -1.68. The van der Waals surface area contributed by atoms with Crippen LogP contribution in [0.4, 0.5) is 4.39 Å². The number of hydrogen-bond donors (Lipinski definition) is 0. The molecule has 2 nitrogen and oxygen atoms in total. The molecule has 1 heterocycles. The van der Waals surface area contributed by atoms with Crippen LogP contribution in [0.5, 0.6) is 0 Å². The Morgan fingerprint density at radius 1 is 1.25 bits per heavy atom. The van der Waals surface area contributed by atoms with Gasteiger partial charge >= 0.3 is 0 Å². The second-order valence-corrected chi connectivity index (χ2v) is 5.88. The van der Waals surface area contributed by atoms with Crippen LogP contribution in [0.25, 0.3) is 11.1 Å². The molecule has 0 saturated heterocycles. The molecule has 1 aromatic heterocycles. The van der Waals surface area contributed by atoms with Crippen LogP contribution in [-0.4, -0.2) is 4.98 Å². The van der Waals surface area contributed by atoms with Crippen LogP contribution in [0.2, 0.25) is 0 Å². The number of nitrogens with zero attached hydrogens (tertiary/aromatic N) is 1. The fourth-order valence-corrected chi connectivity index (χ4v) is 2.80. The lowest BCUT2D eigenvalue weighted by molar-refractivity contribution is 0.522. The zero-order chi connectivity index (χ0) is 14.1. The first-order valence-electron chi connectivity index (χ1n) is 6.38. The van der Waals surface area contributed by atoms with Gasteiger partial charge in [0.25, 0.3) is 0 Å². The van der Waals surface area contributed by atoms with Gasteiger partial charge in [-0.2, -0.15) is 0 Å². The molecular weight excluding hydrogens is 321 g/mol. The molecule has 0 spiro atoms. The molecular formula is C16H13BrFNO. The van der Waals surface area contributed by atoms with E-state index in [1.54, 1.807) is 6.07 Å². The standard InChI is InChI=1S/C16H13BrFNO/c1-10-6-7-11(13(18)8-10)12(17)9-16-19-14-4-2-3-5-15(14)20-16/h2-8,12H,9H2,1H3. The maximum atomic E-state index is 13.9. The van der Waals surface area contributed by atoms with Crippen LogP contribution in [0, 0.1) is 12.7 Å². The number of rotatable bonds is 3. The molecule has 2 aromatic carbocycles. The first-order valence-corrected chi connectivity index (χ1v) is 7.29. The summed E-state index contributed by atoms with van der Waals surface area (Å²) in [5.41, 5.74) is 3.11. The Labute approximate surface area is 124 Å². The summed E-state index contributed by atoms with van der Waals surface area (Å²) in [6, 6.07) is 12.8. The van der Waals surface area contributed by atoms with Crippen molar-refractivity contribution in [3.8, 4) is 0 Å². The van der Waals surface area contributed by atoms with Crippen LogP contribution in [-0.2, 0) is 6.42 Å². The van der Waals surface area contributed by atoms with Crippen molar-refractivity contribution in [1.82, 2.24) is 4.98 Å². The SMILES string of the molecule is Cc1ccc(C(Br)Cc2nc3ccccc3o2)c(F)c1. The number of oxazole rings is 1. The van der Waals surface area contributed by atoms with E-state index in [9.17, 15) is 4.39 Å². The Bertz CT molecular complexity index is 720. The predicted molar refractivity (Wildman–Crippen MR) is 80.5 cm³/mol. The topological polar surface area (TPSA) is 26.0 Å². The van der Waals surface area contributed by atoms with E-state index in [2.05, 4.69) is 20.9 Å². The number of fused-ring (bicyclic) bond motifs is 1. The van der Waals surface area contributed by atoms with Crippen molar-refractivity contribution < 1.29 is 8.81 Å². The molecule has 0 aliphatic carbocycles. The van der Waals surface area contributed by atoms with Crippen molar-refractivity contribution in [3.63, 3.8) is 0 Å². The average Bonchev–Trinajstić information content (AvgIpc) is 2.80. The van der Waals surface area contributed by atoms with E-state index in [1.807, 2.05) is 37.3 Å². The highest BCUT2D eigenvalue weighted by Crippen LogP contribution is 2.30. The molecule has 3 rings (SSSR count). The van der Waals surface area contributed by atoms with Crippen LogP contribution in [0.15, 0.2) is 46.9 Å². The van der Waals surface area contributed by atoms with Crippen molar-refractivity contribution >= 4 is 27.0 Å². The second-order valence-electron chi connectivity index (χ2n) is 4.77. The van der Waals surface area contributed by atoms with Gasteiger partial charge in [-0.1, -0.05) is 40.2 Å². The molecule has 1 atom stereocenters. The van der Waals surface area contributed by atoms with Gasteiger partial charge in [0.15, 0.2) is 11.5 Å². The molecule has 0 saturated carbocycles. The van der Waals surface area contributed by atoms with Gasteiger partial charge in [0.05, 0.1) is 4.83 Å². The van der Waals surface area contributed by atoms with Gasteiger partial charge in [0.2, 0.25) is 0 Å². The summed E-state index contributed by atoms with van der Waals surface area (Å²) in [6.45, 7) is 1.87. The molecule has 0 fully saturated rings. The van der Waals surface area contributed by atoms with Gasteiger partial charge < -0.3 is 4.42 Å². The van der Waals surface area contributed by atoms with E-state index in [-0.39, 0.29) is 10.6 Å². The lowest BCUT2D eigenvalue weighted by Gasteiger charge is -2.09. The zero-order valence-corrected chi connectivity index (χ0v) is 12.5. The first kappa shape index (κ1) is 13.3. The van der Waals surface area contributed by atoms with E-state index < -0.39 is 0 Å². The molecule has 0 N–H and O–H groups in total. The quantitative estimate of drug-likeness (QED) is 0.633. The fourth-order valence-electron chi connectivity index (χ4n) is 2.16. The van der Waals surface area contributed by atoms with E-state index in [0.29, 0.717) is 17.9 Å². The number of aryl methyl sites for hydroxylation is 1. The third kappa shape index (κ3) is 2.61. The molecule has 0 radical (unpaired) electrons. The molecule has 0 aliphatic heterocycles. The Kier molecular flexibility index (Phi) is 3.57. The van der Waals surface area contributed by atoms with E-state index in [1.165, 1.54) is 6.07 Å². The highest BCUT2D eigenvalue weighted by atomic mass is 79.9. The maximum absolute atomic E-state index is 13.9. The van der Waals surface area contributed by atoms with Gasteiger partial charge in [-0.05, 0) is 30.7 Å². The van der Waals surface area contributed by atoms with Crippen LogP contribution in [0.3, 0.4) is 0 Å². The van der Waals surface area contributed by atoms with Gasteiger partial charge in [-0.3, -0.25) is 0 Å². The predicted octanol–water partition coefficient (Wildman–Crippen LogP) is 4.95. The van der Waals surface area contributed by atoms with Crippen molar-refractivity contribution in [2.45, 2.75) is 18.2 Å². The van der Waals surface area contributed by atoms with Crippen molar-refractivity contribution in [2.75, 3.05) is 0 Å². The largest absolute Gasteiger partial charge is 0.441 e. The number of alkyl halides is 1. The molecule has 102 valence electrons. The summed E-state index contributed by atoms with van der Waals surface area (Å²) in [4.78, 5) is 4.25. The average molecular weight is 334 g/mol. The van der Waals surface area contributed by atoms with Crippen molar-refractivity contribution in [2.24, 2.45) is 0 Å². The minimum atomic E-state index is -0.206. The van der Waals surface area contributed by atoms with Gasteiger partial charge in [-0.25, -0.2) is 9.37 Å². The number of benzene rings is 2. The first-order chi connectivity index (χ1) is 9.63. The van der Waals surface area contributed by atoms with Crippen LogP contribution >= 0.6 is 15.9 Å². The summed E-state index contributed by atoms with van der Waals surface area (Å²) >= 11 is 3.52. The Morgan fingerprint density at radius 3 is 2.80 bits per heavy atom. The number of aromatic nitrogens is 1. The zero-order valence-electron chi connectivity index (χ0n) is 10.9. The highest BCUT2D eigenvalue weighted by Gasteiger charge is 2.16. The lowest BCUT2D eigenvalue weighted by atomic mass is 10.1. The monoisotopic (exact) mass is 333 g/mol. The smallest absolute Gasteiger partial charge is 0.196 e. The summed E-state index contributed by atoms with van der Waals surface area (Å²) in [7, 11) is 0. The highest BCUT2D eigenvalue weighted by molar-refractivity contribution is 9.09. The summed E-state index contributed by atoms with van der Waals surface area (Å²) in [6.07, 6.45) is 0.509. The third-order valence-corrected chi connectivity index (χ3v) is 4.00. The maximum Gasteiger partial charge on any atom is 0.196 e. The number of hydrogen-bond acceptors (Lipinski definition) is 2. The molecule has 0 bridgehead atoms. The number of para-hydroxylation sites is 2. The van der Waals surface area contributed by atoms with Crippen LogP contribution < -0.4 is 0 Å². The lowest BCUT2D eigenvalue weighted by Crippen LogP contribution is -1.99. The van der Waals surface area contributed by atoms with Gasteiger partial charge in [0.1, 0.15) is 11.3 Å². The van der Waals surface area contributed by atoms with Gasteiger partial charge in [0, 0.05) is 12.0 Å². The minimum Gasteiger partial charge on any atom is -0.441 e.